The van der Waals surface area contributed by atoms with E-state index in [0.29, 0.717) is 23.1 Å². The number of allylic oxidation sites excluding steroid dienone is 2. The predicted octanol–water partition coefficient (Wildman–Crippen LogP) is 4.60. The molecule has 4 N–H and O–H groups in total. The minimum atomic E-state index is -0.816. The minimum absolute atomic E-state index is 0. The fourth-order valence-electron chi connectivity index (χ4n) is 9.79. The minimum Gasteiger partial charge on any atom is -0.850 e. The van der Waals surface area contributed by atoms with Crippen LogP contribution in [0.3, 0.4) is 0 Å². The predicted molar refractivity (Wildman–Crippen MR) is 284 cm³/mol. The van der Waals surface area contributed by atoms with Crippen molar-refractivity contribution in [3.8, 4) is 0 Å². The van der Waals surface area contributed by atoms with Crippen LogP contribution in [0.2, 0.25) is 0 Å². The number of methoxy groups -OCH3 is 1. The molecule has 16 heteroatoms. The van der Waals surface area contributed by atoms with Crippen LogP contribution in [0.4, 0.5) is 0 Å². The number of primary amides is 1. The van der Waals surface area contributed by atoms with Crippen LogP contribution < -0.4 is 62.2 Å². The van der Waals surface area contributed by atoms with E-state index in [1.54, 1.807) is 27.0 Å². The molecule has 4 aromatic heterocycles. The van der Waals surface area contributed by atoms with E-state index >= 15 is 0 Å². The van der Waals surface area contributed by atoms with Gasteiger partial charge in [0.2, 0.25) is 5.91 Å². The number of carbonyl (C=O) groups excluding carboxylic acids is 5. The van der Waals surface area contributed by atoms with Crippen molar-refractivity contribution >= 4 is 84.0 Å². The number of hydrogen-bond acceptors (Lipinski definition) is 10. The summed E-state index contributed by atoms with van der Waals surface area (Å²) in [5.41, 5.74) is 15.2. The first kappa shape index (κ1) is 55.9. The number of fused-ring (bicyclic) bond motifs is 2. The van der Waals surface area contributed by atoms with E-state index in [0.717, 1.165) is 107 Å². The van der Waals surface area contributed by atoms with Crippen molar-refractivity contribution in [1.82, 2.24) is 28.9 Å². The van der Waals surface area contributed by atoms with Crippen LogP contribution in [0.1, 0.15) is 78.2 Å². The van der Waals surface area contributed by atoms with Gasteiger partial charge in [0.1, 0.15) is 0 Å². The smallest absolute Gasteiger partial charge is 0.850 e. The maximum Gasteiger partial charge on any atom is 1.00 e. The van der Waals surface area contributed by atoms with E-state index in [1.165, 1.54) is 36.6 Å². The third-order valence-corrected chi connectivity index (χ3v) is 13.0. The van der Waals surface area contributed by atoms with Crippen molar-refractivity contribution in [2.45, 2.75) is 78.2 Å². The number of ether oxygens (including phenoxy) is 2. The molecule has 0 unspecified atom stereocenters. The van der Waals surface area contributed by atoms with Gasteiger partial charge in [-0.3, -0.25) is 19.2 Å². The standard InChI is InChI=1S/C25H21N3O2.C15H16N2O3.C10H10N2O.C4H8O.C4H9O.K/c1-27-9-10-28-14-19(17-7-4-5-15(13-27)25(17)28)24-22(30)11-21(29)23(24)18-12-26-20-8-3-2-6-16(18)20;1-16-6-7-17-9-12(14(18)15(19)20-2)11-5-3-4-10(8-16)13(11)17;11-10(13)5-7-6-12-9-4-2-1-3-8(7)9;1-2-4-5-3-1;1-4(2,3)5;/h2-8,12,14,26H,9-11,13H2,1H3;3-5,9H,6-8H2,1-2H3;1-4,6,12H,5H2,(H2,11,13);1-4H2;1-3H3;/q;;;;-1;+1. The fraction of sp³-hybridized carbons (Fsp3) is 0.328. The number of likely N-dealkylation sites (N-methyl/N-ethyl adjacent to an activating group) is 2. The Labute approximate surface area is 473 Å². The van der Waals surface area contributed by atoms with Crippen LogP contribution in [0.15, 0.2) is 110 Å². The molecule has 15 nitrogen and oxygen atoms in total. The monoisotopic (exact) mass is 1030 g/mol. The van der Waals surface area contributed by atoms with Gasteiger partial charge in [-0.25, -0.2) is 4.79 Å². The molecule has 4 aliphatic rings. The summed E-state index contributed by atoms with van der Waals surface area (Å²) < 4.78 is 13.8. The number of Topliss-reactive ketones (excluding diaryl/α,β-unsaturated/α-hetero) is 3. The Morgan fingerprint density at radius 3 is 1.74 bits per heavy atom. The summed E-state index contributed by atoms with van der Waals surface area (Å²) in [6.45, 7) is 12.1. The maximum absolute atomic E-state index is 13.1. The molecule has 0 spiro atoms. The molecule has 1 saturated heterocycles. The summed E-state index contributed by atoms with van der Waals surface area (Å²) in [6, 6.07) is 27.9. The van der Waals surface area contributed by atoms with Gasteiger partial charge in [0.15, 0.2) is 11.6 Å². The number of esters is 1. The Balaban J connectivity index is 0.000000156. The molecule has 4 aromatic carbocycles. The van der Waals surface area contributed by atoms with E-state index in [9.17, 15) is 29.1 Å². The van der Waals surface area contributed by atoms with Gasteiger partial charge in [0.25, 0.3) is 5.78 Å². The number of para-hydroxylation sites is 4. The van der Waals surface area contributed by atoms with Crippen molar-refractivity contribution in [3.05, 3.63) is 143 Å². The van der Waals surface area contributed by atoms with Crippen molar-refractivity contribution in [2.24, 2.45) is 5.73 Å². The molecule has 0 saturated carbocycles. The van der Waals surface area contributed by atoms with E-state index in [2.05, 4.69) is 78.2 Å². The molecule has 1 amide bonds. The third-order valence-electron chi connectivity index (χ3n) is 13.0. The van der Waals surface area contributed by atoms with Gasteiger partial charge >= 0.3 is 57.4 Å². The number of hydrogen-bond donors (Lipinski definition) is 3. The Morgan fingerprint density at radius 1 is 0.676 bits per heavy atom. The van der Waals surface area contributed by atoms with Crippen LogP contribution >= 0.6 is 0 Å². The second-order valence-corrected chi connectivity index (χ2v) is 19.9. The van der Waals surface area contributed by atoms with Gasteiger partial charge in [-0.1, -0.05) is 93.6 Å². The topological polar surface area (TPSA) is 201 Å². The number of H-pyrrole nitrogens is 2. The average molecular weight is 1030 g/mol. The van der Waals surface area contributed by atoms with Gasteiger partial charge in [-0.2, -0.15) is 0 Å². The first-order chi connectivity index (χ1) is 35.0. The summed E-state index contributed by atoms with van der Waals surface area (Å²) in [7, 11) is 5.43. The number of aromatic nitrogens is 4. The molecule has 1 fully saturated rings. The molecule has 1 aliphatic carbocycles. The summed E-state index contributed by atoms with van der Waals surface area (Å²) in [5.74, 6) is -1.88. The molecular formula is C58H64KN7O8. The van der Waals surface area contributed by atoms with Gasteiger partial charge in [-0.05, 0) is 55.8 Å². The van der Waals surface area contributed by atoms with E-state index in [4.69, 9.17) is 10.5 Å². The van der Waals surface area contributed by atoms with E-state index in [-0.39, 0.29) is 75.3 Å². The summed E-state index contributed by atoms with van der Waals surface area (Å²) in [5, 5.41) is 14.0. The second kappa shape index (κ2) is 24.7. The average Bonchev–Trinajstić information content (AvgIpc) is 4.23. The van der Waals surface area contributed by atoms with Crippen LogP contribution in [-0.2, 0) is 61.3 Å². The second-order valence-electron chi connectivity index (χ2n) is 19.9. The SMILES string of the molecule is C1CCOC1.CC(C)(C)[O-].CN1CCn2cc(C3=C(c4c[nH]c5ccccc45)C(=O)CC3=O)c3cccc(c32)C1.COC(=O)C(=O)c1cn2c3c(cccc13)CN(C)CC2.NC(=O)Cc1c[nH]c2ccccc12.[K+]. The Bertz CT molecular complexity index is 3370. The number of amides is 1. The number of benzene rings is 4. The molecule has 0 bridgehead atoms. The zero-order chi connectivity index (χ0) is 52.0. The zero-order valence-corrected chi connectivity index (χ0v) is 46.6. The van der Waals surface area contributed by atoms with Gasteiger partial charge in [-0.15, -0.1) is 5.60 Å². The molecule has 12 rings (SSSR count). The van der Waals surface area contributed by atoms with Gasteiger partial charge < -0.3 is 49.2 Å². The number of nitrogens with zero attached hydrogens (tertiary/aromatic N) is 4. The first-order valence-electron chi connectivity index (χ1n) is 24.7. The maximum atomic E-state index is 13.1. The van der Waals surface area contributed by atoms with Crippen molar-refractivity contribution in [1.29, 1.82) is 0 Å². The molecule has 8 aromatic rings. The van der Waals surface area contributed by atoms with Crippen LogP contribution in [0.25, 0.3) is 54.8 Å². The van der Waals surface area contributed by atoms with E-state index in [1.807, 2.05) is 73.1 Å². The largest absolute Gasteiger partial charge is 1.00 e. The normalized spacial score (nSPS) is 15.4. The van der Waals surface area contributed by atoms with Crippen molar-refractivity contribution in [2.75, 3.05) is 47.5 Å². The van der Waals surface area contributed by atoms with Crippen molar-refractivity contribution in [3.63, 3.8) is 0 Å². The summed E-state index contributed by atoms with van der Waals surface area (Å²) in [4.78, 5) is 71.3. The number of aromatic amines is 2. The molecule has 3 aliphatic heterocycles. The van der Waals surface area contributed by atoms with Crippen LogP contribution in [0.5, 0.6) is 0 Å². The quantitative estimate of drug-likeness (QED) is 0.0695. The van der Waals surface area contributed by atoms with Crippen LogP contribution in [0, 0.1) is 0 Å². The zero-order valence-electron chi connectivity index (χ0n) is 43.5. The van der Waals surface area contributed by atoms with Gasteiger partial charge in [0, 0.05) is 132 Å². The number of nitrogens with one attached hydrogen (secondary N) is 2. The van der Waals surface area contributed by atoms with E-state index < -0.39 is 17.4 Å². The molecule has 0 atom stereocenters. The Morgan fingerprint density at radius 2 is 1.18 bits per heavy atom. The summed E-state index contributed by atoms with van der Waals surface area (Å²) in [6.07, 6.45) is 10.3. The first-order valence-corrected chi connectivity index (χ1v) is 24.7. The summed E-state index contributed by atoms with van der Waals surface area (Å²) >= 11 is 0. The molecule has 74 heavy (non-hydrogen) atoms. The molecule has 7 heterocycles. The molecular weight excluding hydrogens is 962 g/mol. The van der Waals surface area contributed by atoms with Crippen LogP contribution in [-0.4, -0.2) is 111 Å². The van der Waals surface area contributed by atoms with Crippen molar-refractivity contribution < 1.29 is 89.9 Å². The fourth-order valence-corrected chi connectivity index (χ4v) is 9.79. The molecule has 0 radical (unpaired) electrons. The van der Waals surface area contributed by atoms with Gasteiger partial charge in [0.05, 0.1) is 36.5 Å². The number of nitrogens with two attached hydrogens (primary N) is 1. The molecule has 380 valence electrons. The third kappa shape index (κ3) is 13.0. The number of rotatable bonds is 6. The number of ketones is 3. The number of carbonyl (C=O) groups is 5. The Kier molecular flexibility index (Phi) is 18.7. The Hall–Kier alpha value is -5.79.